The summed E-state index contributed by atoms with van der Waals surface area (Å²) in [7, 11) is 0. The molecule has 0 radical (unpaired) electrons. The van der Waals surface area contributed by atoms with Gasteiger partial charge < -0.3 is 15.5 Å². The lowest BCUT2D eigenvalue weighted by molar-refractivity contribution is 0.391. The highest BCUT2D eigenvalue weighted by Gasteiger charge is 2.23. The summed E-state index contributed by atoms with van der Waals surface area (Å²) in [5, 5.41) is 7.04. The number of amidine groups is 1. The van der Waals surface area contributed by atoms with Crippen LogP contribution in [-0.2, 0) is 0 Å². The second-order valence-electron chi connectivity index (χ2n) is 4.69. The molecule has 4 nitrogen and oxygen atoms in total. The Kier molecular flexibility index (Phi) is 3.44. The minimum absolute atomic E-state index is 0.187. The van der Waals surface area contributed by atoms with Crippen LogP contribution in [0.1, 0.15) is 5.56 Å². The SMILES string of the molecule is N=C(N)c1cc(Oc2c(F)c(F)c3[nH]ccc3c2F)ccc1F. The Bertz CT molecular complexity index is 936. The third-order valence-electron chi connectivity index (χ3n) is 3.24. The fourth-order valence-corrected chi connectivity index (χ4v) is 2.14. The van der Waals surface area contributed by atoms with Crippen LogP contribution in [0.4, 0.5) is 17.6 Å². The highest BCUT2D eigenvalue weighted by molar-refractivity contribution is 5.95. The quantitative estimate of drug-likeness (QED) is 0.297. The van der Waals surface area contributed by atoms with E-state index in [2.05, 4.69) is 4.98 Å². The normalized spacial score (nSPS) is 11.0. The van der Waals surface area contributed by atoms with Crippen LogP contribution >= 0.6 is 0 Å². The van der Waals surface area contributed by atoms with Crippen LogP contribution in [0.2, 0.25) is 0 Å². The lowest BCUT2D eigenvalue weighted by Crippen LogP contribution is -2.13. The fourth-order valence-electron chi connectivity index (χ4n) is 2.14. The lowest BCUT2D eigenvalue weighted by Gasteiger charge is -2.11. The highest BCUT2D eigenvalue weighted by atomic mass is 19.2. The van der Waals surface area contributed by atoms with E-state index in [1.807, 2.05) is 0 Å². The second-order valence-corrected chi connectivity index (χ2v) is 4.69. The molecule has 0 aliphatic heterocycles. The van der Waals surface area contributed by atoms with E-state index < -0.39 is 34.9 Å². The number of aromatic nitrogens is 1. The summed E-state index contributed by atoms with van der Waals surface area (Å²) < 4.78 is 60.6. The molecular weight excluding hydrogens is 314 g/mol. The van der Waals surface area contributed by atoms with Gasteiger partial charge in [0.05, 0.1) is 11.1 Å². The van der Waals surface area contributed by atoms with Gasteiger partial charge in [0.2, 0.25) is 11.6 Å². The van der Waals surface area contributed by atoms with Crippen LogP contribution in [0.5, 0.6) is 11.5 Å². The maximum atomic E-state index is 14.3. The molecule has 4 N–H and O–H groups in total. The monoisotopic (exact) mass is 323 g/mol. The number of hydrogen-bond acceptors (Lipinski definition) is 2. The second kappa shape index (κ2) is 5.31. The van der Waals surface area contributed by atoms with Crippen LogP contribution in [0, 0.1) is 28.7 Å². The van der Waals surface area contributed by atoms with Crippen molar-refractivity contribution in [2.24, 2.45) is 5.73 Å². The van der Waals surface area contributed by atoms with Gasteiger partial charge in [-0.2, -0.15) is 4.39 Å². The van der Waals surface area contributed by atoms with Crippen molar-refractivity contribution in [3.05, 3.63) is 59.3 Å². The van der Waals surface area contributed by atoms with Gasteiger partial charge >= 0.3 is 0 Å². The molecule has 0 saturated heterocycles. The molecule has 0 bridgehead atoms. The summed E-state index contributed by atoms with van der Waals surface area (Å²) in [6.45, 7) is 0. The largest absolute Gasteiger partial charge is 0.451 e. The Morgan fingerprint density at radius 3 is 2.48 bits per heavy atom. The first-order valence-electron chi connectivity index (χ1n) is 6.35. The Balaban J connectivity index is 2.12. The van der Waals surface area contributed by atoms with Gasteiger partial charge in [-0.25, -0.2) is 13.2 Å². The number of hydrogen-bond donors (Lipinski definition) is 3. The number of rotatable bonds is 3. The van der Waals surface area contributed by atoms with Crippen molar-refractivity contribution in [1.29, 1.82) is 5.41 Å². The van der Waals surface area contributed by atoms with Crippen LogP contribution in [0.3, 0.4) is 0 Å². The standard InChI is InChI=1S/C15H9F4N3O/c16-9-2-1-6(5-8(9)15(20)21)23-14-10(17)7-3-4-22-13(7)11(18)12(14)19/h1-5,22H,(H3,20,21). The van der Waals surface area contributed by atoms with E-state index in [4.69, 9.17) is 15.9 Å². The molecule has 23 heavy (non-hydrogen) atoms. The predicted molar refractivity (Wildman–Crippen MR) is 75.7 cm³/mol. The molecule has 2 aromatic carbocycles. The highest BCUT2D eigenvalue weighted by Crippen LogP contribution is 2.35. The van der Waals surface area contributed by atoms with Crippen molar-refractivity contribution in [2.45, 2.75) is 0 Å². The molecule has 0 atom stereocenters. The number of nitrogens with one attached hydrogen (secondary N) is 2. The first-order valence-corrected chi connectivity index (χ1v) is 6.35. The zero-order valence-electron chi connectivity index (χ0n) is 11.4. The predicted octanol–water partition coefficient (Wildman–Crippen LogP) is 3.80. The molecule has 118 valence electrons. The third-order valence-corrected chi connectivity index (χ3v) is 3.24. The van der Waals surface area contributed by atoms with E-state index >= 15 is 0 Å². The summed E-state index contributed by atoms with van der Waals surface area (Å²) in [5.41, 5.74) is 4.57. The Morgan fingerprint density at radius 1 is 1.04 bits per heavy atom. The summed E-state index contributed by atoms with van der Waals surface area (Å²) >= 11 is 0. The van der Waals surface area contributed by atoms with Crippen molar-refractivity contribution in [3.8, 4) is 11.5 Å². The van der Waals surface area contributed by atoms with Crippen molar-refractivity contribution in [2.75, 3.05) is 0 Å². The number of aromatic amines is 1. The number of fused-ring (bicyclic) bond motifs is 1. The average molecular weight is 323 g/mol. The van der Waals surface area contributed by atoms with Crippen molar-refractivity contribution >= 4 is 16.7 Å². The van der Waals surface area contributed by atoms with Crippen LogP contribution < -0.4 is 10.5 Å². The number of benzene rings is 2. The van der Waals surface area contributed by atoms with Gasteiger partial charge in [0.15, 0.2) is 11.6 Å². The van der Waals surface area contributed by atoms with Gasteiger partial charge in [-0.1, -0.05) is 0 Å². The van der Waals surface area contributed by atoms with Crippen molar-refractivity contribution in [1.82, 2.24) is 4.98 Å². The van der Waals surface area contributed by atoms with Gasteiger partial charge in [-0.05, 0) is 24.3 Å². The molecule has 0 aliphatic carbocycles. The third kappa shape index (κ3) is 2.37. The molecule has 3 aromatic rings. The van der Waals surface area contributed by atoms with Crippen molar-refractivity contribution < 1.29 is 22.3 Å². The maximum Gasteiger partial charge on any atom is 0.206 e. The molecule has 1 heterocycles. The molecule has 0 unspecified atom stereocenters. The zero-order valence-corrected chi connectivity index (χ0v) is 11.4. The number of nitrogens with two attached hydrogens (primary N) is 1. The van der Waals surface area contributed by atoms with Gasteiger partial charge in [0, 0.05) is 11.6 Å². The average Bonchev–Trinajstić information content (AvgIpc) is 3.00. The Morgan fingerprint density at radius 2 is 1.78 bits per heavy atom. The van der Waals surface area contributed by atoms with Gasteiger partial charge in [0.1, 0.15) is 17.4 Å². The number of nitrogen functional groups attached to an aromatic ring is 1. The molecule has 0 aliphatic rings. The minimum atomic E-state index is -1.52. The van der Waals surface area contributed by atoms with Crippen molar-refractivity contribution in [3.63, 3.8) is 0 Å². The smallest absolute Gasteiger partial charge is 0.206 e. The first-order chi connectivity index (χ1) is 10.9. The van der Waals surface area contributed by atoms with E-state index in [9.17, 15) is 17.6 Å². The maximum absolute atomic E-state index is 14.3. The molecule has 0 saturated carbocycles. The Labute approximate surface area is 127 Å². The van der Waals surface area contributed by atoms with Crippen LogP contribution in [0.25, 0.3) is 10.9 Å². The van der Waals surface area contributed by atoms with Crippen LogP contribution in [-0.4, -0.2) is 10.8 Å². The molecule has 3 rings (SSSR count). The molecule has 8 heteroatoms. The first kappa shape index (κ1) is 14.9. The lowest BCUT2D eigenvalue weighted by atomic mass is 10.2. The van der Waals surface area contributed by atoms with Gasteiger partial charge in [0.25, 0.3) is 0 Å². The van der Waals surface area contributed by atoms with Crippen LogP contribution in [0.15, 0.2) is 30.5 Å². The molecule has 0 amide bonds. The number of halogens is 4. The molecule has 0 spiro atoms. The molecule has 1 aromatic heterocycles. The van der Waals surface area contributed by atoms with E-state index in [1.54, 1.807) is 0 Å². The molecule has 0 fully saturated rings. The fraction of sp³-hybridized carbons (Fsp3) is 0. The molecular formula is C15H9F4N3O. The topological polar surface area (TPSA) is 74.9 Å². The Hall–Kier alpha value is -3.03. The minimum Gasteiger partial charge on any atom is -0.451 e. The van der Waals surface area contributed by atoms with E-state index in [1.165, 1.54) is 12.3 Å². The zero-order chi connectivity index (χ0) is 16.7. The summed E-state index contributed by atoms with van der Waals surface area (Å²) in [4.78, 5) is 2.39. The van der Waals surface area contributed by atoms with Gasteiger partial charge in [-0.3, -0.25) is 5.41 Å². The summed E-state index contributed by atoms with van der Waals surface area (Å²) in [5.74, 6) is -6.45. The van der Waals surface area contributed by atoms with Gasteiger partial charge in [-0.15, -0.1) is 0 Å². The summed E-state index contributed by atoms with van der Waals surface area (Å²) in [6.07, 6.45) is 1.26. The number of ether oxygens (including phenoxy) is 1. The number of H-pyrrole nitrogens is 1. The summed E-state index contributed by atoms with van der Waals surface area (Å²) in [6, 6.07) is 4.23. The van der Waals surface area contributed by atoms with E-state index in [-0.39, 0.29) is 22.2 Å². The van der Waals surface area contributed by atoms with E-state index in [0.717, 1.165) is 18.2 Å². The van der Waals surface area contributed by atoms with E-state index in [0.29, 0.717) is 0 Å².